The molecule has 0 spiro atoms. The zero-order chi connectivity index (χ0) is 17.5. The second-order valence-electron chi connectivity index (χ2n) is 5.92. The number of amides is 3. The van der Waals surface area contributed by atoms with Crippen molar-refractivity contribution in [2.24, 2.45) is 0 Å². The van der Waals surface area contributed by atoms with E-state index in [0.717, 1.165) is 9.58 Å². The van der Waals surface area contributed by atoms with Crippen LogP contribution in [0.25, 0.3) is 11.5 Å². The lowest BCUT2D eigenvalue weighted by Crippen LogP contribution is -2.40. The molecule has 0 saturated carbocycles. The van der Waals surface area contributed by atoms with Gasteiger partial charge in [-0.15, -0.1) is 5.10 Å². The van der Waals surface area contributed by atoms with Crippen LogP contribution in [0.3, 0.4) is 0 Å². The Balaban J connectivity index is 1.75. The van der Waals surface area contributed by atoms with E-state index in [4.69, 9.17) is 4.42 Å². The van der Waals surface area contributed by atoms with E-state index in [-0.39, 0.29) is 24.9 Å². The van der Waals surface area contributed by atoms with E-state index in [2.05, 4.69) is 10.4 Å². The molecule has 0 radical (unpaired) electrons. The van der Waals surface area contributed by atoms with Crippen molar-refractivity contribution in [1.29, 1.82) is 0 Å². The molecule has 8 nitrogen and oxygen atoms in total. The fourth-order valence-corrected chi connectivity index (χ4v) is 2.37. The Bertz CT molecular complexity index is 853. The fraction of sp³-hybridized carbons (Fsp3) is 0.333. The number of benzene rings is 1. The lowest BCUT2D eigenvalue weighted by Gasteiger charge is -2.15. The highest BCUT2D eigenvalue weighted by Crippen LogP contribution is 2.17. The Hall–Kier alpha value is -2.97. The molecular formula is C15H15FN4O4. The SMILES string of the molecule is CC1(C)NC(=O)N(CCn2nc(-c3ccc(F)cc3)oc2=O)C1=O. The van der Waals surface area contributed by atoms with Crippen molar-refractivity contribution in [3.05, 3.63) is 40.6 Å². The van der Waals surface area contributed by atoms with E-state index >= 15 is 0 Å². The lowest BCUT2D eigenvalue weighted by atomic mass is 10.1. The van der Waals surface area contributed by atoms with Crippen LogP contribution in [0.2, 0.25) is 0 Å². The number of nitrogens with one attached hydrogen (secondary N) is 1. The summed E-state index contributed by atoms with van der Waals surface area (Å²) in [6.45, 7) is 3.19. The van der Waals surface area contributed by atoms with Gasteiger partial charge in [-0.1, -0.05) is 0 Å². The van der Waals surface area contributed by atoms with Crippen molar-refractivity contribution in [3.8, 4) is 11.5 Å². The van der Waals surface area contributed by atoms with E-state index in [1.165, 1.54) is 24.3 Å². The van der Waals surface area contributed by atoms with Gasteiger partial charge in [-0.2, -0.15) is 4.68 Å². The summed E-state index contributed by atoms with van der Waals surface area (Å²) < 4.78 is 19.0. The molecule has 1 N–H and O–H groups in total. The second-order valence-corrected chi connectivity index (χ2v) is 5.92. The van der Waals surface area contributed by atoms with Gasteiger partial charge >= 0.3 is 11.8 Å². The fourth-order valence-electron chi connectivity index (χ4n) is 2.37. The van der Waals surface area contributed by atoms with Gasteiger partial charge in [0.05, 0.1) is 13.1 Å². The van der Waals surface area contributed by atoms with E-state index < -0.39 is 23.1 Å². The number of nitrogens with zero attached hydrogens (tertiary/aromatic N) is 3. The first-order chi connectivity index (χ1) is 11.3. The summed E-state index contributed by atoms with van der Waals surface area (Å²) in [4.78, 5) is 36.7. The number of imide groups is 1. The van der Waals surface area contributed by atoms with Gasteiger partial charge in [-0.3, -0.25) is 9.69 Å². The third kappa shape index (κ3) is 2.80. The number of aromatic nitrogens is 2. The van der Waals surface area contributed by atoms with Crippen molar-refractivity contribution in [2.75, 3.05) is 6.54 Å². The summed E-state index contributed by atoms with van der Waals surface area (Å²) in [6, 6.07) is 4.81. The van der Waals surface area contributed by atoms with E-state index in [9.17, 15) is 18.8 Å². The lowest BCUT2D eigenvalue weighted by molar-refractivity contribution is -0.130. The van der Waals surface area contributed by atoms with Crippen LogP contribution >= 0.6 is 0 Å². The average Bonchev–Trinajstić information content (AvgIpc) is 2.96. The molecule has 1 aromatic carbocycles. The van der Waals surface area contributed by atoms with Crippen LogP contribution in [-0.4, -0.2) is 38.7 Å². The molecule has 0 unspecified atom stereocenters. The summed E-state index contributed by atoms with van der Waals surface area (Å²) in [6.07, 6.45) is 0. The van der Waals surface area contributed by atoms with Crippen molar-refractivity contribution >= 4 is 11.9 Å². The predicted octanol–water partition coefficient (Wildman–Crippen LogP) is 0.973. The van der Waals surface area contributed by atoms with Gasteiger partial charge in [0, 0.05) is 5.56 Å². The molecular weight excluding hydrogens is 319 g/mol. The summed E-state index contributed by atoms with van der Waals surface area (Å²) in [5, 5.41) is 6.55. The van der Waals surface area contributed by atoms with Crippen LogP contribution < -0.4 is 11.1 Å². The maximum atomic E-state index is 12.9. The van der Waals surface area contributed by atoms with Crippen LogP contribution in [0.4, 0.5) is 9.18 Å². The minimum absolute atomic E-state index is 0.00122. The molecule has 3 rings (SSSR count). The minimum Gasteiger partial charge on any atom is -0.388 e. The zero-order valence-corrected chi connectivity index (χ0v) is 13.1. The van der Waals surface area contributed by atoms with E-state index in [1.54, 1.807) is 13.8 Å². The quantitative estimate of drug-likeness (QED) is 0.840. The molecule has 0 atom stereocenters. The molecule has 2 aromatic rings. The molecule has 2 heterocycles. The Morgan fingerprint density at radius 1 is 1.17 bits per heavy atom. The molecule has 24 heavy (non-hydrogen) atoms. The van der Waals surface area contributed by atoms with Gasteiger partial charge in [-0.05, 0) is 38.1 Å². The molecule has 9 heteroatoms. The molecule has 0 bridgehead atoms. The van der Waals surface area contributed by atoms with Crippen LogP contribution in [0, 0.1) is 5.82 Å². The Morgan fingerprint density at radius 3 is 2.42 bits per heavy atom. The van der Waals surface area contributed by atoms with Gasteiger partial charge < -0.3 is 9.73 Å². The third-order valence-electron chi connectivity index (χ3n) is 3.68. The summed E-state index contributed by atoms with van der Waals surface area (Å²) in [5.41, 5.74) is -0.520. The van der Waals surface area contributed by atoms with Crippen LogP contribution in [0.1, 0.15) is 13.8 Å². The molecule has 1 fully saturated rings. The van der Waals surface area contributed by atoms with Crippen LogP contribution in [0.15, 0.2) is 33.5 Å². The number of halogens is 1. The van der Waals surface area contributed by atoms with Crippen molar-refractivity contribution in [2.45, 2.75) is 25.9 Å². The standard InChI is InChI=1S/C15H15FN4O4/c1-15(2)12(21)19(13(22)17-15)7-8-20-14(23)24-11(18-20)9-3-5-10(16)6-4-9/h3-6H,7-8H2,1-2H3,(H,17,22). The molecule has 1 saturated heterocycles. The van der Waals surface area contributed by atoms with Crippen molar-refractivity contribution in [3.63, 3.8) is 0 Å². The number of hydrogen-bond donors (Lipinski definition) is 1. The third-order valence-corrected chi connectivity index (χ3v) is 3.68. The van der Waals surface area contributed by atoms with Crippen molar-refractivity contribution in [1.82, 2.24) is 20.0 Å². The number of urea groups is 1. The van der Waals surface area contributed by atoms with Crippen LogP contribution in [0.5, 0.6) is 0 Å². The van der Waals surface area contributed by atoms with Crippen molar-refractivity contribution < 1.29 is 18.4 Å². The molecule has 1 aliphatic rings. The van der Waals surface area contributed by atoms with Crippen LogP contribution in [-0.2, 0) is 11.3 Å². The maximum Gasteiger partial charge on any atom is 0.437 e. The van der Waals surface area contributed by atoms with Gasteiger partial charge in [0.2, 0.25) is 5.89 Å². The number of hydrogen-bond acceptors (Lipinski definition) is 5. The molecule has 1 aromatic heterocycles. The van der Waals surface area contributed by atoms with E-state index in [1.807, 2.05) is 0 Å². The first-order valence-corrected chi connectivity index (χ1v) is 7.26. The predicted molar refractivity (Wildman–Crippen MR) is 80.5 cm³/mol. The molecule has 126 valence electrons. The maximum absolute atomic E-state index is 12.9. The monoisotopic (exact) mass is 334 g/mol. The summed E-state index contributed by atoms with van der Waals surface area (Å²) in [7, 11) is 0. The summed E-state index contributed by atoms with van der Waals surface area (Å²) >= 11 is 0. The molecule has 1 aliphatic heterocycles. The molecule has 0 aliphatic carbocycles. The normalized spacial score (nSPS) is 16.5. The van der Waals surface area contributed by atoms with Gasteiger partial charge in [-0.25, -0.2) is 14.0 Å². The first kappa shape index (κ1) is 15.9. The second kappa shape index (κ2) is 5.59. The first-order valence-electron chi connectivity index (χ1n) is 7.26. The topological polar surface area (TPSA) is 97.4 Å². The number of carbonyl (C=O) groups is 2. The Kier molecular flexibility index (Phi) is 3.70. The highest BCUT2D eigenvalue weighted by molar-refractivity contribution is 6.06. The van der Waals surface area contributed by atoms with E-state index in [0.29, 0.717) is 5.56 Å². The Morgan fingerprint density at radius 2 is 1.83 bits per heavy atom. The zero-order valence-electron chi connectivity index (χ0n) is 13.1. The van der Waals surface area contributed by atoms with Gasteiger partial charge in [0.15, 0.2) is 0 Å². The molecule has 3 amide bonds. The average molecular weight is 334 g/mol. The Labute approximate surface area is 135 Å². The number of carbonyl (C=O) groups excluding carboxylic acids is 2. The highest BCUT2D eigenvalue weighted by atomic mass is 19.1. The smallest absolute Gasteiger partial charge is 0.388 e. The number of rotatable bonds is 4. The minimum atomic E-state index is -0.967. The van der Waals surface area contributed by atoms with Gasteiger partial charge in [0.1, 0.15) is 11.4 Å². The highest BCUT2D eigenvalue weighted by Gasteiger charge is 2.43. The van der Waals surface area contributed by atoms with Gasteiger partial charge in [0.25, 0.3) is 5.91 Å². The summed E-state index contributed by atoms with van der Waals surface area (Å²) in [5.74, 6) is -1.47. The largest absolute Gasteiger partial charge is 0.437 e.